The second kappa shape index (κ2) is 8.97. The van der Waals surface area contributed by atoms with Crippen LogP contribution in [0.5, 0.6) is 0 Å². The molecule has 6 nitrogen and oxygen atoms in total. The lowest BCUT2D eigenvalue weighted by molar-refractivity contribution is 0.0303. The fraction of sp³-hybridized carbons (Fsp3) is 0.316. The molecular weight excluding hydrogens is 442 g/mol. The second-order valence-corrected chi connectivity index (χ2v) is 9.09. The molecule has 1 heterocycles. The van der Waals surface area contributed by atoms with Crippen LogP contribution in [-0.2, 0) is 14.8 Å². The highest BCUT2D eigenvalue weighted by Crippen LogP contribution is 2.29. The van der Waals surface area contributed by atoms with Gasteiger partial charge in [-0.05, 0) is 48.9 Å². The Morgan fingerprint density at radius 2 is 1.76 bits per heavy atom. The lowest BCUT2D eigenvalue weighted by Gasteiger charge is -2.26. The molecule has 0 aromatic heterocycles. The number of rotatable bonds is 5. The van der Waals surface area contributed by atoms with Gasteiger partial charge in [-0.2, -0.15) is 0 Å². The summed E-state index contributed by atoms with van der Waals surface area (Å²) in [6.07, 6.45) is 0. The Bertz CT molecular complexity index is 1010. The van der Waals surface area contributed by atoms with E-state index in [1.165, 1.54) is 30.3 Å². The lowest BCUT2D eigenvalue weighted by Crippen LogP contribution is -2.40. The van der Waals surface area contributed by atoms with Crippen LogP contribution in [0.4, 0.5) is 4.39 Å². The summed E-state index contributed by atoms with van der Waals surface area (Å²) in [5, 5.41) is 0.00684. The minimum Gasteiger partial charge on any atom is -0.378 e. The zero-order valence-electron chi connectivity index (χ0n) is 15.5. The molecule has 1 unspecified atom stereocenters. The average Bonchev–Trinajstić information content (AvgIpc) is 2.70. The Morgan fingerprint density at radius 1 is 1.14 bits per heavy atom. The van der Waals surface area contributed by atoms with Crippen molar-refractivity contribution in [2.24, 2.45) is 0 Å². The SMILES string of the molecule is CC(NS(=O)(=O)c1ccc(C(=O)N2CCOCC2)cc1)c1cc(F)c(Cl)cc1Cl. The van der Waals surface area contributed by atoms with E-state index in [1.807, 2.05) is 0 Å². The quantitative estimate of drug-likeness (QED) is 0.690. The van der Waals surface area contributed by atoms with Gasteiger partial charge in [-0.1, -0.05) is 23.2 Å². The summed E-state index contributed by atoms with van der Waals surface area (Å²) in [6.45, 7) is 3.50. The molecule has 3 rings (SSSR count). The van der Waals surface area contributed by atoms with E-state index in [9.17, 15) is 17.6 Å². The smallest absolute Gasteiger partial charge is 0.254 e. The van der Waals surface area contributed by atoms with Crippen LogP contribution in [0.25, 0.3) is 0 Å². The number of ether oxygens (including phenoxy) is 1. The number of halogens is 3. The Balaban J connectivity index is 1.75. The molecule has 156 valence electrons. The van der Waals surface area contributed by atoms with E-state index in [0.29, 0.717) is 31.9 Å². The van der Waals surface area contributed by atoms with Gasteiger partial charge in [0.15, 0.2) is 0 Å². The summed E-state index contributed by atoms with van der Waals surface area (Å²) >= 11 is 11.7. The van der Waals surface area contributed by atoms with Gasteiger partial charge in [-0.15, -0.1) is 0 Å². The van der Waals surface area contributed by atoms with Crippen LogP contribution in [0.1, 0.15) is 28.9 Å². The third kappa shape index (κ3) is 5.07. The number of benzene rings is 2. The molecule has 1 fully saturated rings. The maximum Gasteiger partial charge on any atom is 0.254 e. The van der Waals surface area contributed by atoms with Gasteiger partial charge in [-0.25, -0.2) is 17.5 Å². The van der Waals surface area contributed by atoms with Gasteiger partial charge in [0.05, 0.1) is 23.1 Å². The van der Waals surface area contributed by atoms with E-state index in [2.05, 4.69) is 4.72 Å². The molecule has 0 radical (unpaired) electrons. The Morgan fingerprint density at radius 3 is 2.38 bits per heavy atom. The monoisotopic (exact) mass is 460 g/mol. The summed E-state index contributed by atoms with van der Waals surface area (Å²) in [5.74, 6) is -0.870. The predicted molar refractivity (Wildman–Crippen MR) is 108 cm³/mol. The largest absolute Gasteiger partial charge is 0.378 e. The van der Waals surface area contributed by atoms with E-state index in [1.54, 1.807) is 11.8 Å². The van der Waals surface area contributed by atoms with Crippen LogP contribution in [-0.4, -0.2) is 45.5 Å². The minimum atomic E-state index is -3.92. The van der Waals surface area contributed by atoms with Crippen molar-refractivity contribution in [3.05, 3.63) is 63.4 Å². The van der Waals surface area contributed by atoms with Crippen molar-refractivity contribution in [1.82, 2.24) is 9.62 Å². The molecule has 0 saturated carbocycles. The first-order valence-electron chi connectivity index (χ1n) is 8.83. The third-order valence-electron chi connectivity index (χ3n) is 4.55. The van der Waals surface area contributed by atoms with E-state index in [0.717, 1.165) is 6.07 Å². The first-order valence-corrected chi connectivity index (χ1v) is 11.1. The summed E-state index contributed by atoms with van der Waals surface area (Å²) in [5.41, 5.74) is 0.651. The summed E-state index contributed by atoms with van der Waals surface area (Å²) in [4.78, 5) is 14.1. The average molecular weight is 461 g/mol. The number of hydrogen-bond acceptors (Lipinski definition) is 4. The van der Waals surface area contributed by atoms with Crippen molar-refractivity contribution < 1.29 is 22.3 Å². The molecule has 0 aliphatic carbocycles. The van der Waals surface area contributed by atoms with E-state index in [-0.39, 0.29) is 26.4 Å². The van der Waals surface area contributed by atoms with Crippen molar-refractivity contribution in [3.63, 3.8) is 0 Å². The zero-order chi connectivity index (χ0) is 21.2. The summed E-state index contributed by atoms with van der Waals surface area (Å²) in [7, 11) is -3.92. The maximum absolute atomic E-state index is 13.7. The second-order valence-electron chi connectivity index (χ2n) is 6.56. The number of carbonyl (C=O) groups excluding carboxylic acids is 1. The Labute approximate surface area is 178 Å². The highest BCUT2D eigenvalue weighted by molar-refractivity contribution is 7.89. The van der Waals surface area contributed by atoms with E-state index < -0.39 is 21.9 Å². The van der Waals surface area contributed by atoms with Crippen molar-refractivity contribution in [3.8, 4) is 0 Å². The van der Waals surface area contributed by atoms with Crippen LogP contribution < -0.4 is 4.72 Å². The summed E-state index contributed by atoms with van der Waals surface area (Å²) in [6, 6.07) is 7.17. The van der Waals surface area contributed by atoms with E-state index in [4.69, 9.17) is 27.9 Å². The first-order chi connectivity index (χ1) is 13.7. The maximum atomic E-state index is 13.7. The molecule has 1 aliphatic heterocycles. The van der Waals surface area contributed by atoms with Crippen LogP contribution in [0.3, 0.4) is 0 Å². The predicted octanol–water partition coefficient (Wildman–Crippen LogP) is 3.64. The minimum absolute atomic E-state index is 0.0200. The number of nitrogens with one attached hydrogen (secondary N) is 1. The van der Waals surface area contributed by atoms with Gasteiger partial charge in [0.1, 0.15) is 5.82 Å². The van der Waals surface area contributed by atoms with Crippen LogP contribution in [0.2, 0.25) is 10.0 Å². The summed E-state index contributed by atoms with van der Waals surface area (Å²) < 4.78 is 46.8. The van der Waals surface area contributed by atoms with Gasteiger partial charge < -0.3 is 9.64 Å². The third-order valence-corrected chi connectivity index (χ3v) is 6.72. The van der Waals surface area contributed by atoms with Gasteiger partial charge in [0.25, 0.3) is 5.91 Å². The van der Waals surface area contributed by atoms with Crippen molar-refractivity contribution in [2.45, 2.75) is 17.9 Å². The highest BCUT2D eigenvalue weighted by Gasteiger charge is 2.23. The standard InChI is InChI=1S/C19H19Cl2FN2O4S/c1-12(15-10-18(22)17(21)11-16(15)20)23-29(26,27)14-4-2-13(3-5-14)19(25)24-6-8-28-9-7-24/h2-5,10-12,23H,6-9H2,1H3. The molecule has 2 aromatic carbocycles. The lowest BCUT2D eigenvalue weighted by atomic mass is 10.1. The Hall–Kier alpha value is -1.71. The van der Waals surface area contributed by atoms with E-state index >= 15 is 0 Å². The van der Waals surface area contributed by atoms with Gasteiger partial charge in [0, 0.05) is 29.7 Å². The van der Waals surface area contributed by atoms with Gasteiger partial charge >= 0.3 is 0 Å². The van der Waals surface area contributed by atoms with Crippen LogP contribution in [0.15, 0.2) is 41.3 Å². The molecule has 0 spiro atoms. The first kappa shape index (κ1) is 22.0. The molecule has 1 atom stereocenters. The number of nitrogens with zero attached hydrogens (tertiary/aromatic N) is 1. The van der Waals surface area contributed by atoms with Crippen molar-refractivity contribution >= 4 is 39.1 Å². The fourth-order valence-corrected chi connectivity index (χ4v) is 4.73. The molecule has 2 aromatic rings. The topological polar surface area (TPSA) is 75.7 Å². The number of morpholine rings is 1. The Kier molecular flexibility index (Phi) is 6.80. The molecule has 1 saturated heterocycles. The van der Waals surface area contributed by atoms with Crippen LogP contribution in [0, 0.1) is 5.82 Å². The van der Waals surface area contributed by atoms with Gasteiger partial charge in [0.2, 0.25) is 10.0 Å². The number of carbonyl (C=O) groups is 1. The van der Waals surface area contributed by atoms with Crippen molar-refractivity contribution in [2.75, 3.05) is 26.3 Å². The fourth-order valence-electron chi connectivity index (χ4n) is 2.96. The molecule has 0 bridgehead atoms. The molecule has 1 aliphatic rings. The normalized spacial score (nSPS) is 15.9. The molecule has 1 amide bonds. The molecule has 29 heavy (non-hydrogen) atoms. The number of sulfonamides is 1. The van der Waals surface area contributed by atoms with Gasteiger partial charge in [-0.3, -0.25) is 4.79 Å². The molecule has 10 heteroatoms. The molecule has 1 N–H and O–H groups in total. The molecular formula is C19H19Cl2FN2O4S. The zero-order valence-corrected chi connectivity index (χ0v) is 17.8. The van der Waals surface area contributed by atoms with Crippen LogP contribution >= 0.6 is 23.2 Å². The number of hydrogen-bond donors (Lipinski definition) is 1. The number of amides is 1. The highest BCUT2D eigenvalue weighted by atomic mass is 35.5. The van der Waals surface area contributed by atoms with Crippen molar-refractivity contribution in [1.29, 1.82) is 0 Å².